The molecule has 1 unspecified atom stereocenters. The summed E-state index contributed by atoms with van der Waals surface area (Å²) in [5.41, 5.74) is 1.46. The molecule has 1 heterocycles. The van der Waals surface area contributed by atoms with Gasteiger partial charge in [-0.15, -0.1) is 11.6 Å². The minimum atomic E-state index is -0.278. The quantitative estimate of drug-likeness (QED) is 0.734. The van der Waals surface area contributed by atoms with Gasteiger partial charge in [0.2, 0.25) is 0 Å². The van der Waals surface area contributed by atoms with E-state index in [-0.39, 0.29) is 11.2 Å². The molecule has 0 saturated heterocycles. The molecular formula is C10H8Cl2FN. The van der Waals surface area contributed by atoms with Crippen molar-refractivity contribution in [2.24, 2.45) is 0 Å². The van der Waals surface area contributed by atoms with E-state index >= 15 is 0 Å². The number of benzene rings is 1. The second-order valence-corrected chi connectivity index (χ2v) is 4.02. The summed E-state index contributed by atoms with van der Waals surface area (Å²) in [6.07, 6.45) is 0. The summed E-state index contributed by atoms with van der Waals surface area (Å²) in [6.45, 7) is 0.590. The highest BCUT2D eigenvalue weighted by Gasteiger charge is 2.22. The molecular weight excluding hydrogens is 224 g/mol. The lowest BCUT2D eigenvalue weighted by Crippen LogP contribution is -2.11. The van der Waals surface area contributed by atoms with Gasteiger partial charge < -0.3 is 5.32 Å². The molecule has 1 aromatic rings. The van der Waals surface area contributed by atoms with Gasteiger partial charge in [0.25, 0.3) is 0 Å². The van der Waals surface area contributed by atoms with Gasteiger partial charge in [-0.2, -0.15) is 0 Å². The second-order valence-electron chi connectivity index (χ2n) is 3.08. The first-order valence-electron chi connectivity index (χ1n) is 4.22. The molecule has 1 aliphatic heterocycles. The summed E-state index contributed by atoms with van der Waals surface area (Å²) in [5.74, 6) is -0.278. The van der Waals surface area contributed by atoms with Crippen molar-refractivity contribution >= 4 is 28.9 Å². The van der Waals surface area contributed by atoms with Crippen LogP contribution in [-0.2, 0) is 0 Å². The summed E-state index contributed by atoms with van der Waals surface area (Å²) in [4.78, 5) is 0. The maximum Gasteiger partial charge on any atom is 0.123 e. The lowest BCUT2D eigenvalue weighted by molar-refractivity contribution is 0.627. The van der Waals surface area contributed by atoms with E-state index in [9.17, 15) is 4.39 Å². The monoisotopic (exact) mass is 231 g/mol. The van der Waals surface area contributed by atoms with Crippen molar-refractivity contribution in [3.8, 4) is 0 Å². The van der Waals surface area contributed by atoms with Gasteiger partial charge in [0.15, 0.2) is 0 Å². The third-order valence-corrected chi connectivity index (χ3v) is 3.02. The summed E-state index contributed by atoms with van der Waals surface area (Å²) >= 11 is 11.9. The highest BCUT2D eigenvalue weighted by atomic mass is 35.5. The van der Waals surface area contributed by atoms with Crippen LogP contribution in [-0.4, -0.2) is 11.9 Å². The van der Waals surface area contributed by atoms with E-state index in [4.69, 9.17) is 23.2 Å². The molecule has 0 saturated carbocycles. The Labute approximate surface area is 91.5 Å². The van der Waals surface area contributed by atoms with Gasteiger partial charge in [-0.1, -0.05) is 23.7 Å². The lowest BCUT2D eigenvalue weighted by atomic mass is 10.1. The number of rotatable bonds is 1. The van der Waals surface area contributed by atoms with E-state index < -0.39 is 0 Å². The first-order chi connectivity index (χ1) is 6.68. The Bertz CT molecular complexity index is 389. The average Bonchev–Trinajstić information content (AvgIpc) is 2.48. The summed E-state index contributed by atoms with van der Waals surface area (Å²) < 4.78 is 12.9. The minimum absolute atomic E-state index is 0.213. The Balaban J connectivity index is 2.41. The molecule has 1 atom stereocenters. The van der Waals surface area contributed by atoms with Crippen LogP contribution in [0.1, 0.15) is 5.56 Å². The van der Waals surface area contributed by atoms with Crippen LogP contribution in [0.3, 0.4) is 0 Å². The molecule has 0 radical (unpaired) electrons. The van der Waals surface area contributed by atoms with E-state index in [1.165, 1.54) is 12.1 Å². The highest BCUT2D eigenvalue weighted by Crippen LogP contribution is 2.29. The zero-order valence-electron chi connectivity index (χ0n) is 7.23. The Morgan fingerprint density at radius 2 is 2.21 bits per heavy atom. The zero-order valence-corrected chi connectivity index (χ0v) is 8.74. The van der Waals surface area contributed by atoms with Crippen LogP contribution in [0, 0.1) is 5.82 Å². The zero-order chi connectivity index (χ0) is 10.1. The fourth-order valence-corrected chi connectivity index (χ4v) is 1.85. The van der Waals surface area contributed by atoms with Crippen molar-refractivity contribution in [3.63, 3.8) is 0 Å². The smallest absolute Gasteiger partial charge is 0.123 e. The van der Waals surface area contributed by atoms with E-state index in [1.54, 1.807) is 12.1 Å². The largest absolute Gasteiger partial charge is 0.382 e. The first kappa shape index (κ1) is 9.81. The van der Waals surface area contributed by atoms with Crippen molar-refractivity contribution in [3.05, 3.63) is 40.7 Å². The molecule has 4 heteroatoms. The second kappa shape index (κ2) is 3.79. The summed E-state index contributed by atoms with van der Waals surface area (Å²) in [5, 5.41) is 3.39. The van der Waals surface area contributed by atoms with Gasteiger partial charge in [-0.3, -0.25) is 0 Å². The number of hydrogen-bond donors (Lipinski definition) is 1. The van der Waals surface area contributed by atoms with Crippen LogP contribution >= 0.6 is 23.2 Å². The van der Waals surface area contributed by atoms with Gasteiger partial charge in [-0.25, -0.2) is 4.39 Å². The fourth-order valence-electron chi connectivity index (χ4n) is 1.41. The van der Waals surface area contributed by atoms with Gasteiger partial charge in [0.1, 0.15) is 5.82 Å². The van der Waals surface area contributed by atoms with E-state index in [1.807, 2.05) is 0 Å². The maximum absolute atomic E-state index is 12.9. The lowest BCUT2D eigenvalue weighted by Gasteiger charge is -2.03. The molecule has 74 valence electrons. The molecule has 0 bridgehead atoms. The number of hydrogen-bond acceptors (Lipinski definition) is 1. The van der Waals surface area contributed by atoms with Gasteiger partial charge in [0, 0.05) is 12.1 Å². The van der Waals surface area contributed by atoms with Crippen LogP contribution in [0.5, 0.6) is 0 Å². The van der Waals surface area contributed by atoms with Crippen LogP contribution in [0.4, 0.5) is 4.39 Å². The Morgan fingerprint density at radius 3 is 2.79 bits per heavy atom. The van der Waals surface area contributed by atoms with Crippen LogP contribution < -0.4 is 5.32 Å². The normalized spacial score (nSPS) is 21.2. The molecule has 1 nitrogen and oxygen atoms in total. The van der Waals surface area contributed by atoms with Crippen LogP contribution in [0.25, 0.3) is 5.70 Å². The third kappa shape index (κ3) is 1.72. The number of alkyl halides is 1. The van der Waals surface area contributed by atoms with Gasteiger partial charge in [-0.05, 0) is 12.1 Å². The van der Waals surface area contributed by atoms with Crippen molar-refractivity contribution < 1.29 is 4.39 Å². The standard InChI is InChI=1S/C10H8Cl2FN/c11-8-5-14-10(9(8)12)6-2-1-3-7(13)4-6/h1-4,8,14H,5H2. The minimum Gasteiger partial charge on any atom is -0.382 e. The molecule has 0 aromatic heterocycles. The number of nitrogens with one attached hydrogen (secondary N) is 1. The molecule has 0 spiro atoms. The average molecular weight is 232 g/mol. The Morgan fingerprint density at radius 1 is 1.43 bits per heavy atom. The SMILES string of the molecule is Fc1cccc(C2=C(Cl)C(Cl)CN2)c1. The fraction of sp³-hybridized carbons (Fsp3) is 0.200. The van der Waals surface area contributed by atoms with Crippen molar-refractivity contribution in [2.45, 2.75) is 5.38 Å². The molecule has 0 aliphatic carbocycles. The molecule has 2 rings (SSSR count). The van der Waals surface area contributed by atoms with Gasteiger partial charge >= 0.3 is 0 Å². The Hall–Kier alpha value is -0.730. The van der Waals surface area contributed by atoms with Crippen molar-refractivity contribution in [1.82, 2.24) is 5.32 Å². The highest BCUT2D eigenvalue weighted by molar-refractivity contribution is 6.40. The molecule has 0 fully saturated rings. The summed E-state index contributed by atoms with van der Waals surface area (Å²) in [7, 11) is 0. The van der Waals surface area contributed by atoms with Crippen LogP contribution in [0.2, 0.25) is 0 Å². The predicted octanol–water partition coefficient (Wildman–Crippen LogP) is 2.94. The molecule has 14 heavy (non-hydrogen) atoms. The first-order valence-corrected chi connectivity index (χ1v) is 5.03. The van der Waals surface area contributed by atoms with Crippen molar-refractivity contribution in [2.75, 3.05) is 6.54 Å². The molecule has 1 N–H and O–H groups in total. The summed E-state index contributed by atoms with van der Waals surface area (Å²) in [6, 6.07) is 6.26. The topological polar surface area (TPSA) is 12.0 Å². The molecule has 0 amide bonds. The Kier molecular flexibility index (Phi) is 2.66. The van der Waals surface area contributed by atoms with E-state index in [0.29, 0.717) is 11.6 Å². The molecule has 1 aromatic carbocycles. The molecule has 1 aliphatic rings. The number of halogens is 3. The van der Waals surface area contributed by atoms with E-state index in [0.717, 1.165) is 11.3 Å². The predicted molar refractivity (Wildman–Crippen MR) is 56.8 cm³/mol. The van der Waals surface area contributed by atoms with Crippen molar-refractivity contribution in [1.29, 1.82) is 0 Å². The maximum atomic E-state index is 12.9. The third-order valence-electron chi connectivity index (χ3n) is 2.09. The van der Waals surface area contributed by atoms with Gasteiger partial charge in [0.05, 0.1) is 16.1 Å². The van der Waals surface area contributed by atoms with Crippen LogP contribution in [0.15, 0.2) is 29.3 Å². The van der Waals surface area contributed by atoms with E-state index in [2.05, 4.69) is 5.32 Å².